The molecule has 0 spiro atoms. The van der Waals surface area contributed by atoms with Gasteiger partial charge in [-0.3, -0.25) is 9.59 Å². The van der Waals surface area contributed by atoms with E-state index >= 15 is 0 Å². The number of hydrogen-bond acceptors (Lipinski definition) is 3. The molecule has 1 aromatic carbocycles. The minimum absolute atomic E-state index is 0.0164. The normalized spacial score (nSPS) is 20.0. The van der Waals surface area contributed by atoms with E-state index in [4.69, 9.17) is 0 Å². The summed E-state index contributed by atoms with van der Waals surface area (Å²) in [4.78, 5) is 26.9. The number of carbonyl (C=O) groups is 2. The van der Waals surface area contributed by atoms with Gasteiger partial charge in [0.1, 0.15) is 0 Å². The molecule has 138 valence electrons. The summed E-state index contributed by atoms with van der Waals surface area (Å²) in [5.74, 6) is 0.351. The van der Waals surface area contributed by atoms with Gasteiger partial charge in [0.2, 0.25) is 5.91 Å². The predicted molar refractivity (Wildman–Crippen MR) is 99.4 cm³/mol. The lowest BCUT2D eigenvalue weighted by molar-refractivity contribution is -0.120. The van der Waals surface area contributed by atoms with Crippen molar-refractivity contribution in [3.8, 4) is 0 Å². The van der Waals surface area contributed by atoms with E-state index in [2.05, 4.69) is 19.2 Å². The molecule has 2 rings (SSSR count). The topological polar surface area (TPSA) is 69.6 Å². The summed E-state index contributed by atoms with van der Waals surface area (Å²) in [7, 11) is 0. The van der Waals surface area contributed by atoms with E-state index in [1.165, 1.54) is 0 Å². The smallest absolute Gasteiger partial charge is 0.253 e. The second kappa shape index (κ2) is 8.99. The van der Waals surface area contributed by atoms with Gasteiger partial charge in [-0.15, -0.1) is 0 Å². The van der Waals surface area contributed by atoms with Crippen LogP contribution in [0.3, 0.4) is 0 Å². The first-order valence-corrected chi connectivity index (χ1v) is 9.27. The molecule has 5 heteroatoms. The van der Waals surface area contributed by atoms with Gasteiger partial charge in [0.05, 0.1) is 0 Å². The number of carbonyl (C=O) groups excluding carboxylic acids is 2. The molecule has 25 heavy (non-hydrogen) atoms. The van der Waals surface area contributed by atoms with Crippen LogP contribution in [0, 0.1) is 17.8 Å². The monoisotopic (exact) mass is 346 g/mol. The number of rotatable bonds is 6. The average molecular weight is 346 g/mol. The molecule has 0 aromatic heterocycles. The van der Waals surface area contributed by atoms with Gasteiger partial charge in [-0.05, 0) is 42.9 Å². The molecule has 1 fully saturated rings. The van der Waals surface area contributed by atoms with Crippen LogP contribution >= 0.6 is 0 Å². The lowest BCUT2D eigenvalue weighted by Gasteiger charge is -2.32. The Labute approximate surface area is 150 Å². The molecule has 2 N–H and O–H groups in total. The van der Waals surface area contributed by atoms with E-state index in [1.807, 2.05) is 13.0 Å². The molecule has 1 heterocycles. The Morgan fingerprint density at radius 3 is 2.80 bits per heavy atom. The number of piperidine rings is 1. The first-order chi connectivity index (χ1) is 12.0. The lowest BCUT2D eigenvalue weighted by atomic mass is 9.93. The van der Waals surface area contributed by atoms with Gasteiger partial charge < -0.3 is 15.3 Å². The maximum Gasteiger partial charge on any atom is 0.253 e. The Balaban J connectivity index is 2.05. The Morgan fingerprint density at radius 2 is 2.12 bits per heavy atom. The van der Waals surface area contributed by atoms with Crippen molar-refractivity contribution in [1.29, 1.82) is 0 Å². The van der Waals surface area contributed by atoms with E-state index in [0.29, 0.717) is 23.7 Å². The van der Waals surface area contributed by atoms with Crippen molar-refractivity contribution in [2.24, 2.45) is 17.8 Å². The van der Waals surface area contributed by atoms with Crippen LogP contribution in [0.4, 0.5) is 5.69 Å². The quantitative estimate of drug-likeness (QED) is 0.831. The highest BCUT2D eigenvalue weighted by Crippen LogP contribution is 2.21. The number of aliphatic hydroxyl groups is 1. The summed E-state index contributed by atoms with van der Waals surface area (Å²) in [6.07, 6.45) is 2.83. The summed E-state index contributed by atoms with van der Waals surface area (Å²) in [5, 5.41) is 12.3. The number of likely N-dealkylation sites (tertiary alicyclic amines) is 1. The lowest BCUT2D eigenvalue weighted by Crippen LogP contribution is -2.40. The van der Waals surface area contributed by atoms with Crippen molar-refractivity contribution in [3.63, 3.8) is 0 Å². The summed E-state index contributed by atoms with van der Waals surface area (Å²) in [5.41, 5.74) is 1.23. The first-order valence-electron chi connectivity index (χ1n) is 9.27. The Morgan fingerprint density at radius 1 is 1.36 bits per heavy atom. The summed E-state index contributed by atoms with van der Waals surface area (Å²) >= 11 is 0. The van der Waals surface area contributed by atoms with Gasteiger partial charge in [-0.1, -0.05) is 33.3 Å². The van der Waals surface area contributed by atoms with Crippen LogP contribution in [-0.2, 0) is 4.79 Å². The molecule has 1 aromatic rings. The van der Waals surface area contributed by atoms with Crippen LogP contribution in [0.1, 0.15) is 50.4 Å². The molecule has 0 radical (unpaired) electrons. The van der Waals surface area contributed by atoms with Crippen molar-refractivity contribution in [2.75, 3.05) is 25.0 Å². The molecular weight excluding hydrogens is 316 g/mol. The second-order valence-corrected chi connectivity index (χ2v) is 7.19. The highest BCUT2D eigenvalue weighted by Gasteiger charge is 2.24. The zero-order valence-corrected chi connectivity index (χ0v) is 15.5. The van der Waals surface area contributed by atoms with Crippen molar-refractivity contribution in [3.05, 3.63) is 29.8 Å². The third kappa shape index (κ3) is 5.05. The molecule has 2 amide bonds. The Bertz CT molecular complexity index is 602. The van der Waals surface area contributed by atoms with Gasteiger partial charge in [0.15, 0.2) is 0 Å². The first kappa shape index (κ1) is 19.4. The molecule has 1 saturated heterocycles. The highest BCUT2D eigenvalue weighted by atomic mass is 16.3. The third-order valence-electron chi connectivity index (χ3n) is 5.35. The number of benzene rings is 1. The van der Waals surface area contributed by atoms with Crippen LogP contribution < -0.4 is 5.32 Å². The van der Waals surface area contributed by atoms with Crippen molar-refractivity contribution in [2.45, 2.75) is 40.0 Å². The van der Waals surface area contributed by atoms with E-state index in [1.54, 1.807) is 23.1 Å². The molecule has 0 bridgehead atoms. The number of anilines is 1. The van der Waals surface area contributed by atoms with Crippen LogP contribution in [-0.4, -0.2) is 41.5 Å². The number of nitrogens with zero attached hydrogens (tertiary/aromatic N) is 1. The maximum absolute atomic E-state index is 12.7. The van der Waals surface area contributed by atoms with Crippen LogP contribution in [0.5, 0.6) is 0 Å². The van der Waals surface area contributed by atoms with Gasteiger partial charge in [0, 0.05) is 36.9 Å². The van der Waals surface area contributed by atoms with Crippen LogP contribution in [0.15, 0.2) is 24.3 Å². The number of amides is 2. The summed E-state index contributed by atoms with van der Waals surface area (Å²) < 4.78 is 0. The van der Waals surface area contributed by atoms with Gasteiger partial charge in [0.25, 0.3) is 5.91 Å². The zero-order valence-electron chi connectivity index (χ0n) is 15.5. The minimum Gasteiger partial charge on any atom is -0.396 e. The highest BCUT2D eigenvalue weighted by molar-refractivity contribution is 5.97. The van der Waals surface area contributed by atoms with Crippen molar-refractivity contribution in [1.82, 2.24) is 4.90 Å². The standard InChI is InChI=1S/C20H30N2O3/c1-4-14(2)15(3)19(24)21-18-9-5-8-17(11-18)20(25)22-10-6-7-16(12-22)13-23/h5,8-9,11,14-16,23H,4,6-7,10,12-13H2,1-3H3,(H,21,24). The van der Waals surface area contributed by atoms with E-state index in [0.717, 1.165) is 25.8 Å². The number of nitrogens with one attached hydrogen (secondary N) is 1. The molecule has 0 saturated carbocycles. The van der Waals surface area contributed by atoms with Crippen LogP contribution in [0.2, 0.25) is 0 Å². The largest absolute Gasteiger partial charge is 0.396 e. The fourth-order valence-corrected chi connectivity index (χ4v) is 3.18. The molecule has 3 unspecified atom stereocenters. The fourth-order valence-electron chi connectivity index (χ4n) is 3.18. The average Bonchev–Trinajstić information content (AvgIpc) is 2.66. The number of aliphatic hydroxyl groups excluding tert-OH is 1. The Kier molecular flexibility index (Phi) is 7.00. The van der Waals surface area contributed by atoms with Crippen molar-refractivity contribution < 1.29 is 14.7 Å². The third-order valence-corrected chi connectivity index (χ3v) is 5.35. The molecule has 0 aliphatic carbocycles. The summed E-state index contributed by atoms with van der Waals surface area (Å²) in [6, 6.07) is 7.12. The molecule has 3 atom stereocenters. The summed E-state index contributed by atoms with van der Waals surface area (Å²) in [6.45, 7) is 7.51. The van der Waals surface area contributed by atoms with Crippen LogP contribution in [0.25, 0.3) is 0 Å². The molecule has 1 aliphatic rings. The van der Waals surface area contributed by atoms with E-state index < -0.39 is 0 Å². The van der Waals surface area contributed by atoms with Gasteiger partial charge in [-0.25, -0.2) is 0 Å². The van der Waals surface area contributed by atoms with Gasteiger partial charge >= 0.3 is 0 Å². The second-order valence-electron chi connectivity index (χ2n) is 7.19. The zero-order chi connectivity index (χ0) is 18.4. The fraction of sp³-hybridized carbons (Fsp3) is 0.600. The van der Waals surface area contributed by atoms with E-state index in [-0.39, 0.29) is 30.3 Å². The predicted octanol–water partition coefficient (Wildman–Crippen LogP) is 3.15. The minimum atomic E-state index is -0.0724. The molecule has 5 nitrogen and oxygen atoms in total. The molecule has 1 aliphatic heterocycles. The Hall–Kier alpha value is -1.88. The SMILES string of the molecule is CCC(C)C(C)C(=O)Nc1cccc(C(=O)N2CCCC(CO)C2)c1. The number of hydrogen-bond donors (Lipinski definition) is 2. The molecular formula is C20H30N2O3. The maximum atomic E-state index is 12.7. The van der Waals surface area contributed by atoms with E-state index in [9.17, 15) is 14.7 Å². The van der Waals surface area contributed by atoms with Gasteiger partial charge in [-0.2, -0.15) is 0 Å². The van der Waals surface area contributed by atoms with Crippen molar-refractivity contribution >= 4 is 17.5 Å².